The lowest BCUT2D eigenvalue weighted by Gasteiger charge is -2.09. The van der Waals surface area contributed by atoms with Gasteiger partial charge in [0.05, 0.1) is 7.11 Å². The van der Waals surface area contributed by atoms with Gasteiger partial charge in [-0.3, -0.25) is 0 Å². The van der Waals surface area contributed by atoms with E-state index in [4.69, 9.17) is 16.3 Å². The molecule has 3 nitrogen and oxygen atoms in total. The van der Waals surface area contributed by atoms with Crippen molar-refractivity contribution < 1.29 is 4.74 Å². The lowest BCUT2D eigenvalue weighted by Crippen LogP contribution is -2.17. The second-order valence-electron chi connectivity index (χ2n) is 5.66. The summed E-state index contributed by atoms with van der Waals surface area (Å²) in [5, 5.41) is 5.49. The molecule has 1 aromatic heterocycles. The van der Waals surface area contributed by atoms with Crippen LogP contribution < -0.4 is 10.1 Å². The molecule has 0 saturated heterocycles. The molecule has 3 aromatic rings. The predicted molar refractivity (Wildman–Crippen MR) is 104 cm³/mol. The first kappa shape index (κ1) is 18.7. The maximum atomic E-state index is 6.13. The highest BCUT2D eigenvalue weighted by molar-refractivity contribution is 6.31. The summed E-state index contributed by atoms with van der Waals surface area (Å²) in [6.45, 7) is 3.81. The van der Waals surface area contributed by atoms with E-state index in [1.54, 1.807) is 7.11 Å². The average molecular weight is 365 g/mol. The fraction of sp³-hybridized carbons (Fsp3) is 0.263. The van der Waals surface area contributed by atoms with Gasteiger partial charge in [0.2, 0.25) is 0 Å². The van der Waals surface area contributed by atoms with Gasteiger partial charge in [-0.1, -0.05) is 29.8 Å². The van der Waals surface area contributed by atoms with Gasteiger partial charge < -0.3 is 15.0 Å². The third kappa shape index (κ3) is 4.04. The molecule has 2 aromatic carbocycles. The second-order valence-corrected chi connectivity index (χ2v) is 6.09. The van der Waals surface area contributed by atoms with Crippen LogP contribution in [0, 0.1) is 6.92 Å². The fourth-order valence-electron chi connectivity index (χ4n) is 2.96. The van der Waals surface area contributed by atoms with Crippen molar-refractivity contribution in [1.82, 2.24) is 10.3 Å². The maximum absolute atomic E-state index is 6.13. The van der Waals surface area contributed by atoms with E-state index in [0.717, 1.165) is 35.8 Å². The number of aryl methyl sites for hydroxylation is 1. The van der Waals surface area contributed by atoms with Crippen LogP contribution in [-0.4, -0.2) is 18.6 Å². The van der Waals surface area contributed by atoms with E-state index in [-0.39, 0.29) is 12.4 Å². The van der Waals surface area contributed by atoms with Gasteiger partial charge >= 0.3 is 0 Å². The zero-order valence-electron chi connectivity index (χ0n) is 13.9. The maximum Gasteiger partial charge on any atom is 0.123 e. The van der Waals surface area contributed by atoms with E-state index in [1.165, 1.54) is 22.2 Å². The number of fused-ring (bicyclic) bond motifs is 1. The van der Waals surface area contributed by atoms with Gasteiger partial charge in [-0.25, -0.2) is 0 Å². The lowest BCUT2D eigenvalue weighted by molar-refractivity contribution is 0.408. The number of benzene rings is 2. The van der Waals surface area contributed by atoms with Crippen molar-refractivity contribution in [1.29, 1.82) is 0 Å². The van der Waals surface area contributed by atoms with Crippen LogP contribution in [0.2, 0.25) is 5.02 Å². The van der Waals surface area contributed by atoms with E-state index in [9.17, 15) is 0 Å². The summed E-state index contributed by atoms with van der Waals surface area (Å²) in [7, 11) is 1.71. The third-order valence-electron chi connectivity index (χ3n) is 4.14. The van der Waals surface area contributed by atoms with Gasteiger partial charge in [0.25, 0.3) is 0 Å². The highest BCUT2D eigenvalue weighted by atomic mass is 35.5. The quantitative estimate of drug-likeness (QED) is 0.610. The molecule has 0 bridgehead atoms. The Morgan fingerprint density at radius 2 is 1.96 bits per heavy atom. The minimum absolute atomic E-state index is 0. The molecule has 0 saturated carbocycles. The molecule has 0 aliphatic heterocycles. The van der Waals surface area contributed by atoms with Crippen molar-refractivity contribution in [2.45, 2.75) is 19.9 Å². The Balaban J connectivity index is 0.00000208. The third-order valence-corrected chi connectivity index (χ3v) is 4.38. The Morgan fingerprint density at radius 1 is 1.17 bits per heavy atom. The summed E-state index contributed by atoms with van der Waals surface area (Å²) >= 11 is 6.13. The number of ether oxygens (including phenoxy) is 1. The number of hydrogen-bond donors (Lipinski definition) is 2. The Kier molecular flexibility index (Phi) is 6.55. The molecule has 0 amide bonds. The average Bonchev–Trinajstić information content (AvgIpc) is 2.87. The van der Waals surface area contributed by atoms with Crippen molar-refractivity contribution in [3.63, 3.8) is 0 Å². The summed E-state index contributed by atoms with van der Waals surface area (Å²) in [5.74, 6) is 0.926. The fourth-order valence-corrected chi connectivity index (χ4v) is 3.13. The number of para-hydroxylation sites is 1. The smallest absolute Gasteiger partial charge is 0.123 e. The molecule has 3 rings (SSSR count). The first-order valence-electron chi connectivity index (χ1n) is 7.78. The predicted octanol–water partition coefficient (Wildman–Crippen LogP) is 4.89. The molecule has 24 heavy (non-hydrogen) atoms. The van der Waals surface area contributed by atoms with Gasteiger partial charge in [0, 0.05) is 33.7 Å². The van der Waals surface area contributed by atoms with Crippen LogP contribution in [0.4, 0.5) is 0 Å². The van der Waals surface area contributed by atoms with Crippen LogP contribution in [0.25, 0.3) is 10.9 Å². The number of rotatable bonds is 6. The summed E-state index contributed by atoms with van der Waals surface area (Å²) in [6, 6.07) is 14.1. The molecule has 0 spiro atoms. The SMILES string of the molecule is COc1ccccc1CNCCc1c(C)[nH]c2ccc(Cl)cc12.Cl. The molecule has 0 unspecified atom stereocenters. The first-order valence-corrected chi connectivity index (χ1v) is 8.16. The monoisotopic (exact) mass is 364 g/mol. The van der Waals surface area contributed by atoms with Gasteiger partial charge in [-0.15, -0.1) is 12.4 Å². The van der Waals surface area contributed by atoms with Crippen LogP contribution in [0.15, 0.2) is 42.5 Å². The molecule has 0 aliphatic rings. The van der Waals surface area contributed by atoms with Crippen LogP contribution in [0.1, 0.15) is 16.8 Å². The topological polar surface area (TPSA) is 37.0 Å². The first-order chi connectivity index (χ1) is 11.2. The summed E-state index contributed by atoms with van der Waals surface area (Å²) in [6.07, 6.45) is 0.960. The number of methoxy groups -OCH3 is 1. The van der Waals surface area contributed by atoms with Crippen LogP contribution >= 0.6 is 24.0 Å². The number of aromatic nitrogens is 1. The number of hydrogen-bond acceptors (Lipinski definition) is 2. The largest absolute Gasteiger partial charge is 0.496 e. The molecule has 2 N–H and O–H groups in total. The number of aromatic amines is 1. The standard InChI is InChI=1S/C19H21ClN2O.ClH/c1-13-16(17-11-15(20)7-8-18(17)22-13)9-10-21-12-14-5-3-4-6-19(14)23-2;/h3-8,11,21-22H,9-10,12H2,1-2H3;1H. The Bertz CT molecular complexity index is 814. The lowest BCUT2D eigenvalue weighted by atomic mass is 10.1. The molecule has 5 heteroatoms. The molecule has 0 aliphatic carbocycles. The van der Waals surface area contributed by atoms with Gasteiger partial charge in [0.1, 0.15) is 5.75 Å². The summed E-state index contributed by atoms with van der Waals surface area (Å²) in [4.78, 5) is 3.42. The second kappa shape index (κ2) is 8.43. The summed E-state index contributed by atoms with van der Waals surface area (Å²) in [5.41, 5.74) is 4.86. The van der Waals surface area contributed by atoms with Crippen LogP contribution in [0.3, 0.4) is 0 Å². The summed E-state index contributed by atoms with van der Waals surface area (Å²) < 4.78 is 5.38. The minimum atomic E-state index is 0. The number of nitrogens with one attached hydrogen (secondary N) is 2. The van der Waals surface area contributed by atoms with Crippen molar-refractivity contribution >= 4 is 34.9 Å². The Labute approximate surface area is 153 Å². The molecule has 128 valence electrons. The van der Waals surface area contributed by atoms with E-state index < -0.39 is 0 Å². The molecule has 0 radical (unpaired) electrons. The van der Waals surface area contributed by atoms with Gasteiger partial charge in [-0.05, 0) is 49.7 Å². The van der Waals surface area contributed by atoms with Gasteiger partial charge in [-0.2, -0.15) is 0 Å². The Hall–Kier alpha value is -1.68. The van der Waals surface area contributed by atoms with Crippen molar-refractivity contribution in [2.75, 3.05) is 13.7 Å². The highest BCUT2D eigenvalue weighted by Crippen LogP contribution is 2.25. The normalized spacial score (nSPS) is 10.6. The zero-order chi connectivity index (χ0) is 16.2. The van der Waals surface area contributed by atoms with E-state index >= 15 is 0 Å². The van der Waals surface area contributed by atoms with Crippen molar-refractivity contribution in [3.05, 3.63) is 64.3 Å². The number of H-pyrrole nitrogens is 1. The molecular weight excluding hydrogens is 343 g/mol. The van der Waals surface area contributed by atoms with Gasteiger partial charge in [0.15, 0.2) is 0 Å². The molecule has 0 fully saturated rings. The van der Waals surface area contributed by atoms with Crippen molar-refractivity contribution in [2.24, 2.45) is 0 Å². The van der Waals surface area contributed by atoms with Crippen LogP contribution in [-0.2, 0) is 13.0 Å². The minimum Gasteiger partial charge on any atom is -0.496 e. The molecule has 1 heterocycles. The van der Waals surface area contributed by atoms with E-state index in [0.29, 0.717) is 0 Å². The highest BCUT2D eigenvalue weighted by Gasteiger charge is 2.09. The van der Waals surface area contributed by atoms with Crippen LogP contribution in [0.5, 0.6) is 5.75 Å². The zero-order valence-corrected chi connectivity index (χ0v) is 15.4. The molecule has 0 atom stereocenters. The molecular formula is C19H22Cl2N2O. The Morgan fingerprint density at radius 3 is 2.75 bits per heavy atom. The van der Waals surface area contributed by atoms with E-state index in [2.05, 4.69) is 23.3 Å². The number of halogens is 2. The van der Waals surface area contributed by atoms with E-state index in [1.807, 2.05) is 36.4 Å². The van der Waals surface area contributed by atoms with Crippen molar-refractivity contribution in [3.8, 4) is 5.75 Å².